The topological polar surface area (TPSA) is 226 Å². The molecule has 0 aliphatic rings. The second-order valence-corrected chi connectivity index (χ2v) is 21.8. The third kappa shape index (κ3) is 19.7. The predicted octanol–water partition coefficient (Wildman–Crippen LogP) is 17.8. The summed E-state index contributed by atoms with van der Waals surface area (Å²) >= 11 is 5.88. The average molecular weight is 1330 g/mol. The smallest absolute Gasteiger partial charge is 0.697 e. The number of aromatic nitrogens is 4. The molecule has 0 aliphatic carbocycles. The van der Waals surface area contributed by atoms with Crippen LogP contribution in [0.15, 0.2) is 138 Å². The largest absolute Gasteiger partial charge is 2.00 e. The molecule has 0 saturated carbocycles. The van der Waals surface area contributed by atoms with E-state index in [0.717, 1.165) is 62.7 Å². The fourth-order valence-corrected chi connectivity index (χ4v) is 10.7. The second-order valence-electron chi connectivity index (χ2n) is 17.8. The molecule has 0 unspecified atom stereocenters. The maximum Gasteiger partial charge on any atom is 2.00 e. The first-order chi connectivity index (χ1) is 40.8. The number of carbonyl (C=O) groups excluding carboxylic acids is 3. The molecule has 4 N–H and O–H groups in total. The van der Waals surface area contributed by atoms with Gasteiger partial charge in [-0.2, -0.15) is 26.3 Å². The Balaban J connectivity index is 0.000000282. The normalized spacial score (nSPS) is 12.4. The quantitative estimate of drug-likeness (QED) is 0.0105. The van der Waals surface area contributed by atoms with E-state index in [0.29, 0.717) is 65.0 Å². The van der Waals surface area contributed by atoms with E-state index in [2.05, 4.69) is 21.9 Å². The number of ether oxygens (including phenoxy) is 3. The van der Waals surface area contributed by atoms with Crippen LogP contribution in [-0.4, -0.2) is 63.1 Å². The van der Waals surface area contributed by atoms with E-state index in [-0.39, 0.29) is 48.6 Å². The molecule has 0 radical (unpaired) electrons. The van der Waals surface area contributed by atoms with Crippen LogP contribution in [0.2, 0.25) is 0 Å². The molecule has 0 aromatic carbocycles. The number of nitrogens with one attached hydrogen (secondary N) is 4. The summed E-state index contributed by atoms with van der Waals surface area (Å²) in [6.07, 6.45) is 7.69. The Bertz CT molecular complexity index is 3640. The molecule has 14 nitrogen and oxygen atoms in total. The molecule has 8 rings (SSSR count). The van der Waals surface area contributed by atoms with E-state index in [1.807, 2.05) is 88.9 Å². The van der Waals surface area contributed by atoms with E-state index >= 15 is 0 Å². The zero-order chi connectivity index (χ0) is 60.9. The van der Waals surface area contributed by atoms with Crippen molar-refractivity contribution in [2.75, 3.05) is 0 Å². The van der Waals surface area contributed by atoms with Gasteiger partial charge in [-0.15, -0.1) is 56.7 Å². The fourth-order valence-electron chi connectivity index (χ4n) is 7.65. The van der Waals surface area contributed by atoms with Gasteiger partial charge in [-0.25, -0.2) is 4.98 Å². The number of pyridine rings is 4. The van der Waals surface area contributed by atoms with Gasteiger partial charge in [-0.1, -0.05) is 50.5 Å². The van der Waals surface area contributed by atoms with Gasteiger partial charge in [-0.3, -0.25) is 40.2 Å². The first-order valence-corrected chi connectivity index (χ1v) is 28.8. The van der Waals surface area contributed by atoms with Crippen LogP contribution in [0.4, 0.5) is 26.3 Å². The number of thiophene rings is 4. The average Bonchev–Trinajstić information content (AvgIpc) is 2.86. The van der Waals surface area contributed by atoms with E-state index in [9.17, 15) is 40.7 Å². The van der Waals surface area contributed by atoms with Gasteiger partial charge in [-0.05, 0) is 167 Å². The van der Waals surface area contributed by atoms with Crippen LogP contribution in [0.1, 0.15) is 90.6 Å². The van der Waals surface area contributed by atoms with Crippen LogP contribution in [0.3, 0.4) is 0 Å². The van der Waals surface area contributed by atoms with Gasteiger partial charge in [0.25, 0.3) is 19.4 Å². The Morgan fingerprint density at radius 2 is 0.988 bits per heavy atom. The van der Waals surface area contributed by atoms with Gasteiger partial charge in [0.15, 0.2) is 0 Å². The summed E-state index contributed by atoms with van der Waals surface area (Å²) in [5, 5.41) is 19.8. The van der Waals surface area contributed by atoms with Gasteiger partial charge in [0.05, 0.1) is 37.4 Å². The fraction of sp³-hybridized carbons (Fsp3) is 0.131. The molecule has 0 fully saturated rings. The first kappa shape index (κ1) is 66.5. The van der Waals surface area contributed by atoms with Gasteiger partial charge < -0.3 is 25.7 Å². The van der Waals surface area contributed by atoms with Crippen molar-refractivity contribution in [3.8, 4) is 22.8 Å². The molecule has 0 spiro atoms. The van der Waals surface area contributed by atoms with Gasteiger partial charge >= 0.3 is 31.8 Å². The molecule has 8 aromatic rings. The van der Waals surface area contributed by atoms with E-state index in [1.165, 1.54) is 51.0 Å². The second kappa shape index (κ2) is 32.1. The zero-order valence-electron chi connectivity index (χ0n) is 44.9. The Hall–Kier alpha value is -8.61. The molecule has 86 heavy (non-hydrogen) atoms. The van der Waals surface area contributed by atoms with Crippen LogP contribution in [0, 0.1) is 10.8 Å². The van der Waals surface area contributed by atoms with E-state index < -0.39 is 35.2 Å². The van der Waals surface area contributed by atoms with Crippen molar-refractivity contribution in [1.29, 1.82) is 10.8 Å². The van der Waals surface area contributed by atoms with Crippen LogP contribution < -0.4 is 0 Å². The number of hydrogen-bond donors (Lipinski definition) is 2. The number of aryl methyl sites for hydroxylation is 1. The minimum atomic E-state index is -5.00. The molecule has 0 bridgehead atoms. The number of hydrogen-bond acceptors (Lipinski definition) is 16. The van der Waals surface area contributed by atoms with Crippen molar-refractivity contribution in [3.05, 3.63) is 207 Å². The molecule has 442 valence electrons. The summed E-state index contributed by atoms with van der Waals surface area (Å²) < 4.78 is 92.4. The Labute approximate surface area is 518 Å². The molecule has 8 heterocycles. The number of allylic oxidation sites excluding steroid dienone is 2. The van der Waals surface area contributed by atoms with Crippen LogP contribution >= 0.6 is 45.3 Å². The van der Waals surface area contributed by atoms with Gasteiger partial charge in [0, 0.05) is 33.5 Å². The number of nitrogens with zero attached hydrogens (tertiary/aromatic N) is 4. The number of alkyl halides is 6. The first-order valence-electron chi connectivity index (χ1n) is 25.3. The maximum absolute atomic E-state index is 12.7. The zero-order valence-corrected chi connectivity index (χ0v) is 49.9. The Morgan fingerprint density at radius 1 is 0.547 bits per heavy atom. The molecule has 0 aliphatic heterocycles. The summed E-state index contributed by atoms with van der Waals surface area (Å²) in [7, 11) is 0. The van der Waals surface area contributed by atoms with Crippen molar-refractivity contribution in [2.24, 2.45) is 0 Å². The number of halogens is 6. The van der Waals surface area contributed by atoms with E-state index in [1.54, 1.807) is 66.2 Å². The van der Waals surface area contributed by atoms with Crippen molar-refractivity contribution >= 4 is 135 Å². The summed E-state index contributed by atoms with van der Waals surface area (Å²) in [5.74, 6) is 1.18. The monoisotopic (exact) mass is 1330 g/mol. The molecular formula is C61H48F6N8O6RuS4. The SMILES string of the molecule is CCCCCCc1ccc(/C=C/c2cc(/C([NH-])=C/C(=N)C(F)(F)F)nc(/C([NH-])=C/C(=N)C(F)(F)F)c2)s1.O=CO/C(=C/c1ccnc(-c2cc(/C=C(/OC=O)c3cccs3)cc(-c3cc(/C=C(/OC=O)c4cccs4)ccn3)n2)c1)c1cccs1.[Ru+2]. The van der Waals surface area contributed by atoms with Gasteiger partial charge in [0.2, 0.25) is 0 Å². The minimum absolute atomic E-state index is 0. The number of rotatable bonds is 25. The summed E-state index contributed by atoms with van der Waals surface area (Å²) in [5.41, 5.74) is 14.5. The number of unbranched alkanes of at least 4 members (excludes halogenated alkanes) is 3. The van der Waals surface area contributed by atoms with Crippen LogP contribution in [-0.2, 0) is 54.5 Å². The molecule has 0 amide bonds. The van der Waals surface area contributed by atoms with Crippen molar-refractivity contribution in [2.45, 2.75) is 51.4 Å². The minimum Gasteiger partial charge on any atom is -0.697 e. The molecule has 25 heteroatoms. The maximum atomic E-state index is 12.7. The predicted molar refractivity (Wildman–Crippen MR) is 326 cm³/mol. The standard InChI is InChI=1S/C36H23N3O6S3.C25H25F6N5S.Ru/c40-21-43-31(34-4-1-11-46-34)18-24-7-9-37-27(14-24)29-16-26(20-33(45-23-42)36-6-3-13-48-36)17-30(39-29)28-15-25(8-10-38-28)19-32(44-22-41)35-5-2-12-47-35;1-2-3-4-5-6-16-9-10-17(37-16)8-7-15-11-20(18(32)13-22(34)24(26,27)28)36-21(12-15)19(33)14-23(35)25(29,30)31;/h1-23H;7-14,32-35H,2-6H2,1H3;/q;-2;+2/b31-18+,32-19+,33-20+;8-7+,18-13-,19-14-,34-22?,35-23?;. The van der Waals surface area contributed by atoms with Crippen molar-refractivity contribution in [1.82, 2.24) is 19.9 Å². The molecule has 8 aromatic heterocycles. The third-order valence-corrected chi connectivity index (χ3v) is 15.4. The summed E-state index contributed by atoms with van der Waals surface area (Å²) in [6, 6.07) is 28.5. The van der Waals surface area contributed by atoms with Crippen LogP contribution in [0.25, 0.3) is 93.3 Å². The molecule has 0 saturated heterocycles. The number of carbonyl (C=O) groups is 3. The third-order valence-electron chi connectivity index (χ3n) is 11.6. The Kier molecular flexibility index (Phi) is 24.8. The molecule has 0 atom stereocenters. The summed E-state index contributed by atoms with van der Waals surface area (Å²) in [4.78, 5) is 56.3. The van der Waals surface area contributed by atoms with Gasteiger partial charge in [0.1, 0.15) is 28.7 Å². The summed E-state index contributed by atoms with van der Waals surface area (Å²) in [6.45, 7) is 3.31. The molecular weight excluding hydrogens is 1280 g/mol. The van der Waals surface area contributed by atoms with Crippen molar-refractivity contribution in [3.63, 3.8) is 0 Å². The van der Waals surface area contributed by atoms with Crippen LogP contribution in [0.5, 0.6) is 0 Å². The Morgan fingerprint density at radius 3 is 1.40 bits per heavy atom. The van der Waals surface area contributed by atoms with Crippen molar-refractivity contribution < 1.29 is 74.4 Å². The van der Waals surface area contributed by atoms with E-state index in [4.69, 9.17) is 41.5 Å².